The molecule has 1 atom stereocenters. The number of fused-ring (bicyclic) bond motifs is 2. The Hall–Kier alpha value is -3.34. The highest BCUT2D eigenvalue weighted by molar-refractivity contribution is 6.00. The van der Waals surface area contributed by atoms with Crippen LogP contribution in [-0.4, -0.2) is 22.3 Å². The van der Waals surface area contributed by atoms with Gasteiger partial charge in [-0.05, 0) is 23.8 Å². The summed E-state index contributed by atoms with van der Waals surface area (Å²) < 4.78 is 5.41. The molecule has 0 radical (unpaired) electrons. The average molecular weight is 328 g/mol. The highest BCUT2D eigenvalue weighted by Crippen LogP contribution is 2.43. The molecule has 5 rings (SSSR count). The lowest BCUT2D eigenvalue weighted by molar-refractivity contribution is 0.414. The SMILES string of the molecule is COc1cccc(C2Nc3ccccc3-c3cnnc4[nH]cc2c34)c1. The third-order valence-corrected chi connectivity index (χ3v) is 4.76. The first-order chi connectivity index (χ1) is 12.3. The number of nitrogens with one attached hydrogen (secondary N) is 2. The van der Waals surface area contributed by atoms with Crippen LogP contribution in [0.25, 0.3) is 22.2 Å². The van der Waals surface area contributed by atoms with Crippen LogP contribution in [0, 0.1) is 0 Å². The topological polar surface area (TPSA) is 62.8 Å². The van der Waals surface area contributed by atoms with E-state index in [9.17, 15) is 0 Å². The number of anilines is 1. The van der Waals surface area contributed by atoms with Crippen molar-refractivity contribution in [2.75, 3.05) is 12.4 Å². The highest BCUT2D eigenvalue weighted by atomic mass is 16.5. The van der Waals surface area contributed by atoms with Crippen molar-refractivity contribution < 1.29 is 4.74 Å². The zero-order valence-electron chi connectivity index (χ0n) is 13.7. The van der Waals surface area contributed by atoms with E-state index in [1.165, 1.54) is 0 Å². The molecule has 0 amide bonds. The monoisotopic (exact) mass is 328 g/mol. The fraction of sp³-hybridized carbons (Fsp3) is 0.100. The number of methoxy groups -OCH3 is 1. The van der Waals surface area contributed by atoms with Crippen molar-refractivity contribution >= 4 is 16.7 Å². The molecule has 0 aliphatic carbocycles. The molecule has 1 unspecified atom stereocenters. The molecule has 0 spiro atoms. The van der Waals surface area contributed by atoms with Gasteiger partial charge in [0.05, 0.1) is 19.3 Å². The molecule has 5 nitrogen and oxygen atoms in total. The normalized spacial score (nSPS) is 15.3. The lowest BCUT2D eigenvalue weighted by atomic mass is 9.97. The van der Waals surface area contributed by atoms with Crippen molar-refractivity contribution in [3.63, 3.8) is 0 Å². The van der Waals surface area contributed by atoms with Gasteiger partial charge in [-0.2, -0.15) is 5.10 Å². The molecule has 1 aliphatic rings. The summed E-state index contributed by atoms with van der Waals surface area (Å²) in [4.78, 5) is 3.26. The molecule has 0 fully saturated rings. The van der Waals surface area contributed by atoms with E-state index in [0.717, 1.165) is 44.7 Å². The van der Waals surface area contributed by atoms with Gasteiger partial charge in [0.2, 0.25) is 0 Å². The second kappa shape index (κ2) is 5.34. The van der Waals surface area contributed by atoms with Gasteiger partial charge in [-0.1, -0.05) is 30.3 Å². The van der Waals surface area contributed by atoms with Gasteiger partial charge in [-0.3, -0.25) is 0 Å². The van der Waals surface area contributed by atoms with Crippen LogP contribution in [0.3, 0.4) is 0 Å². The third-order valence-electron chi connectivity index (χ3n) is 4.76. The second-order valence-corrected chi connectivity index (χ2v) is 6.13. The summed E-state index contributed by atoms with van der Waals surface area (Å²) in [6, 6.07) is 16.5. The Morgan fingerprint density at radius 1 is 1.04 bits per heavy atom. The Kier molecular flexibility index (Phi) is 3.00. The smallest absolute Gasteiger partial charge is 0.160 e. The van der Waals surface area contributed by atoms with Crippen LogP contribution in [0.4, 0.5) is 5.69 Å². The molecule has 1 aliphatic heterocycles. The van der Waals surface area contributed by atoms with Crippen molar-refractivity contribution in [2.24, 2.45) is 0 Å². The summed E-state index contributed by atoms with van der Waals surface area (Å²) in [5, 5.41) is 13.2. The molecular weight excluding hydrogens is 312 g/mol. The van der Waals surface area contributed by atoms with Gasteiger partial charge in [-0.25, -0.2) is 0 Å². The van der Waals surface area contributed by atoms with E-state index in [0.29, 0.717) is 0 Å². The molecular formula is C20H16N4O. The Morgan fingerprint density at radius 2 is 1.96 bits per heavy atom. The Bertz CT molecular complexity index is 1090. The lowest BCUT2D eigenvalue weighted by Crippen LogP contribution is -2.11. The Labute approximate surface area is 144 Å². The predicted molar refractivity (Wildman–Crippen MR) is 97.8 cm³/mol. The van der Waals surface area contributed by atoms with Crippen LogP contribution in [0.1, 0.15) is 17.2 Å². The molecule has 2 aromatic carbocycles. The molecule has 2 N–H and O–H groups in total. The molecule has 0 bridgehead atoms. The van der Waals surface area contributed by atoms with Gasteiger partial charge in [-0.15, -0.1) is 5.10 Å². The van der Waals surface area contributed by atoms with Crippen LogP contribution in [0.15, 0.2) is 60.9 Å². The molecule has 3 heterocycles. The molecule has 25 heavy (non-hydrogen) atoms. The van der Waals surface area contributed by atoms with Gasteiger partial charge in [0.25, 0.3) is 0 Å². The van der Waals surface area contributed by atoms with E-state index in [1.807, 2.05) is 36.7 Å². The second-order valence-electron chi connectivity index (χ2n) is 6.13. The lowest BCUT2D eigenvalue weighted by Gasteiger charge is -2.20. The Morgan fingerprint density at radius 3 is 2.88 bits per heavy atom. The van der Waals surface area contributed by atoms with Crippen LogP contribution >= 0.6 is 0 Å². The zero-order chi connectivity index (χ0) is 16.8. The zero-order valence-corrected chi connectivity index (χ0v) is 13.7. The summed E-state index contributed by atoms with van der Waals surface area (Å²) in [7, 11) is 1.69. The number of H-pyrrole nitrogens is 1. The van der Waals surface area contributed by atoms with E-state index in [-0.39, 0.29) is 6.04 Å². The average Bonchev–Trinajstić information content (AvgIpc) is 3.04. The predicted octanol–water partition coefficient (Wildman–Crippen LogP) is 4.15. The van der Waals surface area contributed by atoms with Crippen LogP contribution in [0.2, 0.25) is 0 Å². The van der Waals surface area contributed by atoms with Crippen LogP contribution < -0.4 is 10.1 Å². The number of rotatable bonds is 2. The van der Waals surface area contributed by atoms with Crippen LogP contribution in [0.5, 0.6) is 5.75 Å². The van der Waals surface area contributed by atoms with E-state index in [1.54, 1.807) is 7.11 Å². The molecule has 2 aromatic heterocycles. The molecule has 5 heteroatoms. The maximum Gasteiger partial charge on any atom is 0.160 e. The van der Waals surface area contributed by atoms with Gasteiger partial charge >= 0.3 is 0 Å². The third kappa shape index (κ3) is 2.09. The molecule has 122 valence electrons. The van der Waals surface area contributed by atoms with Crippen molar-refractivity contribution in [3.8, 4) is 16.9 Å². The first-order valence-electron chi connectivity index (χ1n) is 8.17. The van der Waals surface area contributed by atoms with E-state index in [4.69, 9.17) is 4.74 Å². The summed E-state index contributed by atoms with van der Waals surface area (Å²) in [6.45, 7) is 0. The van der Waals surface area contributed by atoms with E-state index < -0.39 is 0 Å². The summed E-state index contributed by atoms with van der Waals surface area (Å²) in [6.07, 6.45) is 3.86. The molecule has 4 aromatic rings. The van der Waals surface area contributed by atoms with Gasteiger partial charge in [0, 0.05) is 34.0 Å². The fourth-order valence-corrected chi connectivity index (χ4v) is 3.59. The number of hydrogen-bond acceptors (Lipinski definition) is 4. The number of aromatic nitrogens is 3. The van der Waals surface area contributed by atoms with Crippen molar-refractivity contribution in [1.82, 2.24) is 15.2 Å². The minimum absolute atomic E-state index is 0.00421. The van der Waals surface area contributed by atoms with Gasteiger partial charge < -0.3 is 15.0 Å². The number of para-hydroxylation sites is 1. The van der Waals surface area contributed by atoms with E-state index >= 15 is 0 Å². The first kappa shape index (κ1) is 14.0. The number of aromatic amines is 1. The molecule has 0 saturated heterocycles. The van der Waals surface area contributed by atoms with E-state index in [2.05, 4.69) is 44.8 Å². The first-order valence-corrected chi connectivity index (χ1v) is 8.17. The minimum Gasteiger partial charge on any atom is -0.497 e. The van der Waals surface area contributed by atoms with Gasteiger partial charge in [0.1, 0.15) is 5.75 Å². The Balaban J connectivity index is 1.81. The fourth-order valence-electron chi connectivity index (χ4n) is 3.59. The minimum atomic E-state index is -0.00421. The van der Waals surface area contributed by atoms with Crippen molar-refractivity contribution in [3.05, 3.63) is 72.1 Å². The molecule has 0 saturated carbocycles. The maximum absolute atomic E-state index is 5.41. The number of ether oxygens (including phenoxy) is 1. The van der Waals surface area contributed by atoms with Crippen molar-refractivity contribution in [1.29, 1.82) is 0 Å². The standard InChI is InChI=1S/C20H16N4O/c1-25-13-6-4-5-12(9-13)19-16-10-21-20-18(16)15(11-22-24-20)14-7-2-3-8-17(14)23-19/h2-11,19,23H,1H3,(H,21,24). The number of benzene rings is 2. The summed E-state index contributed by atoms with van der Waals surface area (Å²) in [5.41, 5.74) is 6.41. The largest absolute Gasteiger partial charge is 0.497 e. The van der Waals surface area contributed by atoms with Gasteiger partial charge in [0.15, 0.2) is 5.65 Å². The van der Waals surface area contributed by atoms with Crippen molar-refractivity contribution in [2.45, 2.75) is 6.04 Å². The summed E-state index contributed by atoms with van der Waals surface area (Å²) in [5.74, 6) is 0.844. The van der Waals surface area contributed by atoms with Crippen LogP contribution in [-0.2, 0) is 0 Å². The highest BCUT2D eigenvalue weighted by Gasteiger charge is 2.26. The number of nitrogens with zero attached hydrogens (tertiary/aromatic N) is 2. The quantitative estimate of drug-likeness (QED) is 0.580. The summed E-state index contributed by atoms with van der Waals surface area (Å²) >= 11 is 0. The maximum atomic E-state index is 5.41. The number of hydrogen-bond donors (Lipinski definition) is 2.